The summed E-state index contributed by atoms with van der Waals surface area (Å²) in [5.41, 5.74) is -11.0. The van der Waals surface area contributed by atoms with Gasteiger partial charge in [-0.25, -0.2) is 0 Å². The summed E-state index contributed by atoms with van der Waals surface area (Å²) in [5, 5.41) is -0.217. The van der Waals surface area contributed by atoms with Gasteiger partial charge >= 0.3 is 31.3 Å². The average Bonchev–Trinajstić information content (AvgIpc) is 2.73. The van der Waals surface area contributed by atoms with Crippen molar-refractivity contribution in [3.63, 3.8) is 0 Å². The molecular weight excluding hydrogens is 562 g/mol. The van der Waals surface area contributed by atoms with Gasteiger partial charge in [0, 0.05) is 12.1 Å². The van der Waals surface area contributed by atoms with E-state index in [-0.39, 0.29) is 22.3 Å². The van der Waals surface area contributed by atoms with Crippen LogP contribution in [-0.2, 0) is 20.2 Å². The van der Waals surface area contributed by atoms with Crippen molar-refractivity contribution >= 4 is 31.8 Å². The molecule has 18 heteroatoms. The van der Waals surface area contributed by atoms with Crippen LogP contribution in [0.1, 0.15) is 0 Å². The lowest BCUT2D eigenvalue weighted by Gasteiger charge is -2.15. The van der Waals surface area contributed by atoms with Crippen molar-refractivity contribution in [2.75, 3.05) is 21.3 Å². The van der Waals surface area contributed by atoms with E-state index >= 15 is 0 Å². The van der Waals surface area contributed by atoms with Gasteiger partial charge < -0.3 is 22.6 Å². The summed E-state index contributed by atoms with van der Waals surface area (Å²) in [4.78, 5) is 0. The Hall–Kier alpha value is -2.79. The highest BCUT2D eigenvalue weighted by molar-refractivity contribution is 7.88. The van der Waals surface area contributed by atoms with E-state index in [1.807, 2.05) is 0 Å². The number of methoxy groups -OCH3 is 3. The summed E-state index contributed by atoms with van der Waals surface area (Å²) < 4.78 is 138. The molecule has 0 aromatic heterocycles. The SMILES string of the molecule is COc1cc(OS(=O)(=O)C(F)(F)F)cc(OC)c1OC.O=S(=O)(Oc1ccccc1Cl)C(F)(F)F. The normalized spacial score (nSPS) is 12.2. The van der Waals surface area contributed by atoms with Crippen LogP contribution in [0.4, 0.5) is 26.3 Å². The number of para-hydroxylation sites is 1. The first-order valence-corrected chi connectivity index (χ1v) is 11.7. The molecule has 0 aliphatic carbocycles. The lowest BCUT2D eigenvalue weighted by Crippen LogP contribution is -2.28. The Balaban J connectivity index is 0.000000365. The Morgan fingerprint density at radius 3 is 1.49 bits per heavy atom. The van der Waals surface area contributed by atoms with Crippen LogP contribution in [0.5, 0.6) is 28.7 Å². The summed E-state index contributed by atoms with van der Waals surface area (Å²) >= 11 is 5.42. The lowest BCUT2D eigenvalue weighted by atomic mass is 10.2. The predicted octanol–water partition coefficient (Wildman–Crippen LogP) is 4.51. The molecule has 0 bridgehead atoms. The van der Waals surface area contributed by atoms with Crippen LogP contribution in [0, 0.1) is 0 Å². The zero-order valence-corrected chi connectivity index (χ0v) is 20.0. The van der Waals surface area contributed by atoms with Crippen molar-refractivity contribution in [3.05, 3.63) is 41.4 Å². The van der Waals surface area contributed by atoms with Crippen molar-refractivity contribution in [1.29, 1.82) is 0 Å². The number of benzene rings is 2. The van der Waals surface area contributed by atoms with Crippen molar-refractivity contribution < 1.29 is 65.8 Å². The number of alkyl halides is 6. The summed E-state index contributed by atoms with van der Waals surface area (Å²) in [7, 11) is -7.70. The van der Waals surface area contributed by atoms with Gasteiger partial charge in [-0.1, -0.05) is 23.7 Å². The van der Waals surface area contributed by atoms with Gasteiger partial charge in [0.05, 0.1) is 26.4 Å². The zero-order chi connectivity index (χ0) is 27.2. The summed E-state index contributed by atoms with van der Waals surface area (Å²) in [5.74, 6) is -1.17. The van der Waals surface area contributed by atoms with Crippen LogP contribution >= 0.6 is 11.6 Å². The van der Waals surface area contributed by atoms with Crippen LogP contribution in [-0.4, -0.2) is 49.2 Å². The maximum atomic E-state index is 12.2. The Bertz CT molecular complexity index is 1200. The molecule has 0 saturated carbocycles. The Kier molecular flexibility index (Phi) is 9.76. The highest BCUT2D eigenvalue weighted by Crippen LogP contribution is 2.42. The van der Waals surface area contributed by atoms with Gasteiger partial charge in [0.15, 0.2) is 23.0 Å². The fourth-order valence-electron chi connectivity index (χ4n) is 1.96. The summed E-state index contributed by atoms with van der Waals surface area (Å²) in [6, 6.07) is 6.83. The fourth-order valence-corrected chi connectivity index (χ4v) is 3.10. The fraction of sp³-hybridized carbons (Fsp3) is 0.294. The largest absolute Gasteiger partial charge is 0.534 e. The van der Waals surface area contributed by atoms with Crippen LogP contribution in [0.25, 0.3) is 0 Å². The van der Waals surface area contributed by atoms with Gasteiger partial charge in [-0.3, -0.25) is 0 Å². The molecule has 0 fully saturated rings. The second kappa shape index (κ2) is 11.3. The molecule has 35 heavy (non-hydrogen) atoms. The molecule has 0 amide bonds. The minimum absolute atomic E-state index is 0.0424. The molecule has 0 atom stereocenters. The smallest absolute Gasteiger partial charge is 0.493 e. The van der Waals surface area contributed by atoms with Crippen molar-refractivity contribution in [1.82, 2.24) is 0 Å². The van der Waals surface area contributed by atoms with Crippen LogP contribution < -0.4 is 22.6 Å². The molecule has 2 aromatic rings. The first-order chi connectivity index (χ1) is 15.9. The third kappa shape index (κ3) is 7.86. The third-order valence-corrected chi connectivity index (χ3v) is 5.70. The van der Waals surface area contributed by atoms with E-state index in [4.69, 9.17) is 25.8 Å². The highest BCUT2D eigenvalue weighted by atomic mass is 35.5. The van der Waals surface area contributed by atoms with E-state index in [0.29, 0.717) is 0 Å². The first kappa shape index (κ1) is 30.2. The molecule has 0 heterocycles. The highest BCUT2D eigenvalue weighted by Gasteiger charge is 2.49. The lowest BCUT2D eigenvalue weighted by molar-refractivity contribution is -0.0504. The Morgan fingerprint density at radius 2 is 1.11 bits per heavy atom. The molecule has 198 valence electrons. The molecular formula is C17H15ClF6O9S2. The van der Waals surface area contributed by atoms with Crippen LogP contribution in [0.3, 0.4) is 0 Å². The van der Waals surface area contributed by atoms with Gasteiger partial charge in [-0.05, 0) is 12.1 Å². The van der Waals surface area contributed by atoms with E-state index in [1.54, 1.807) is 0 Å². The van der Waals surface area contributed by atoms with Crippen molar-refractivity contribution in [3.8, 4) is 28.7 Å². The number of ether oxygens (including phenoxy) is 3. The van der Waals surface area contributed by atoms with E-state index in [1.165, 1.54) is 39.5 Å². The third-order valence-electron chi connectivity index (χ3n) is 3.45. The quantitative estimate of drug-likeness (QED) is 0.267. The molecule has 2 rings (SSSR count). The van der Waals surface area contributed by atoms with Gasteiger partial charge in [0.1, 0.15) is 0 Å². The average molecular weight is 577 g/mol. The second-order valence-corrected chi connectivity index (χ2v) is 9.24. The predicted molar refractivity (Wildman–Crippen MR) is 109 cm³/mol. The number of halogens is 7. The standard InChI is InChI=1S/C10H11F3O6S.C7H4ClF3O3S/c1-16-7-4-6(5-8(17-2)9(7)18-3)19-20(14,15)10(11,12)13;8-5-3-1-2-4-6(5)14-15(12,13)7(9,10)11/h4-5H,1-3H3;1-4H. The Labute approximate surface area is 200 Å². The van der Waals surface area contributed by atoms with E-state index < -0.39 is 42.8 Å². The van der Waals surface area contributed by atoms with Crippen LogP contribution in [0.2, 0.25) is 5.02 Å². The minimum Gasteiger partial charge on any atom is -0.493 e. The molecule has 2 aromatic carbocycles. The topological polar surface area (TPSA) is 114 Å². The molecule has 0 spiro atoms. The maximum Gasteiger partial charge on any atom is 0.534 e. The first-order valence-electron chi connectivity index (χ1n) is 8.46. The molecule has 0 unspecified atom stereocenters. The molecule has 0 radical (unpaired) electrons. The second-order valence-electron chi connectivity index (χ2n) is 5.76. The van der Waals surface area contributed by atoms with Gasteiger partial charge in [0.2, 0.25) is 5.75 Å². The Morgan fingerprint density at radius 1 is 0.686 bits per heavy atom. The van der Waals surface area contributed by atoms with E-state index in [0.717, 1.165) is 18.2 Å². The van der Waals surface area contributed by atoms with Gasteiger partial charge in [-0.15, -0.1) is 0 Å². The van der Waals surface area contributed by atoms with Gasteiger partial charge in [0.25, 0.3) is 0 Å². The van der Waals surface area contributed by atoms with Crippen molar-refractivity contribution in [2.24, 2.45) is 0 Å². The molecule has 0 aliphatic heterocycles. The molecule has 0 saturated heterocycles. The molecule has 0 N–H and O–H groups in total. The minimum atomic E-state index is -5.77. The summed E-state index contributed by atoms with van der Waals surface area (Å²) in [6.45, 7) is 0. The molecule has 9 nitrogen and oxygen atoms in total. The zero-order valence-electron chi connectivity index (χ0n) is 17.6. The van der Waals surface area contributed by atoms with Crippen LogP contribution in [0.15, 0.2) is 36.4 Å². The number of rotatable bonds is 7. The van der Waals surface area contributed by atoms with Gasteiger partial charge in [-0.2, -0.15) is 43.2 Å². The monoisotopic (exact) mass is 576 g/mol. The van der Waals surface area contributed by atoms with E-state index in [2.05, 4.69) is 8.37 Å². The van der Waals surface area contributed by atoms with Crippen molar-refractivity contribution in [2.45, 2.75) is 11.0 Å². The van der Waals surface area contributed by atoms with E-state index in [9.17, 15) is 43.2 Å². The summed E-state index contributed by atoms with van der Waals surface area (Å²) in [6.07, 6.45) is 0. The number of hydrogen-bond donors (Lipinski definition) is 0. The maximum absolute atomic E-state index is 12.2. The molecule has 0 aliphatic rings. The number of hydrogen-bond acceptors (Lipinski definition) is 9.